The van der Waals surface area contributed by atoms with Gasteiger partial charge in [-0.25, -0.2) is 4.79 Å². The highest BCUT2D eigenvalue weighted by Crippen LogP contribution is 2.10. The van der Waals surface area contributed by atoms with Gasteiger partial charge in [0.15, 0.2) is 0 Å². The minimum absolute atomic E-state index is 0.0516. The summed E-state index contributed by atoms with van der Waals surface area (Å²) in [6.07, 6.45) is -0.0516. The maximum atomic E-state index is 10.6. The predicted octanol–water partition coefficient (Wildman–Crippen LogP) is 1.69. The third kappa shape index (κ3) is 2.56. The van der Waals surface area contributed by atoms with Gasteiger partial charge >= 0.3 is 5.97 Å². The monoisotopic (exact) mass is 198 g/mol. The van der Waals surface area contributed by atoms with Gasteiger partial charge in [-0.15, -0.1) is 0 Å². The van der Waals surface area contributed by atoms with Crippen LogP contribution in [0, 0.1) is 0 Å². The molecule has 0 aromatic heterocycles. The first-order chi connectivity index (χ1) is 6.11. The minimum atomic E-state index is -1.05. The molecule has 1 rings (SSSR count). The second-order valence-corrected chi connectivity index (χ2v) is 2.92. The van der Waals surface area contributed by atoms with Crippen molar-refractivity contribution in [1.82, 2.24) is 0 Å². The van der Waals surface area contributed by atoms with Crippen molar-refractivity contribution in [1.29, 1.82) is 0 Å². The molecule has 0 aliphatic heterocycles. The summed E-state index contributed by atoms with van der Waals surface area (Å²) in [5, 5.41) is 8.16. The predicted molar refractivity (Wildman–Crippen MR) is 48.0 cm³/mol. The summed E-state index contributed by atoms with van der Waals surface area (Å²) >= 11 is 5.16. The highest BCUT2D eigenvalue weighted by Gasteiger charge is 2.10. The van der Waals surface area contributed by atoms with E-state index < -0.39 is 11.2 Å². The molecule has 68 valence electrons. The Bertz CT molecular complexity index is 346. The van der Waals surface area contributed by atoms with Gasteiger partial charge in [-0.2, -0.15) is 0 Å². The third-order valence-corrected chi connectivity index (χ3v) is 1.71. The van der Waals surface area contributed by atoms with E-state index in [0.717, 1.165) is 0 Å². The Morgan fingerprint density at radius 3 is 2.46 bits per heavy atom. The topological polar surface area (TPSA) is 54.4 Å². The fraction of sp³-hybridized carbons (Fsp3) is 0.111. The van der Waals surface area contributed by atoms with Gasteiger partial charge in [0.2, 0.25) is 5.24 Å². The van der Waals surface area contributed by atoms with Crippen molar-refractivity contribution in [3.8, 4) is 0 Å². The van der Waals surface area contributed by atoms with Crippen molar-refractivity contribution < 1.29 is 14.7 Å². The lowest BCUT2D eigenvalue weighted by atomic mass is 10.1. The second-order valence-electron chi connectivity index (χ2n) is 2.49. The standard InChI is InChI=1S/C9H7ClO3/c10-8(11)5-6-3-1-2-4-7(6)9(12)13/h1-4H,5H2,(H,12,13). The molecule has 0 radical (unpaired) electrons. The van der Waals surface area contributed by atoms with Gasteiger partial charge in [0.05, 0.1) is 5.56 Å². The molecule has 0 spiro atoms. The van der Waals surface area contributed by atoms with E-state index in [1.807, 2.05) is 0 Å². The molecule has 0 unspecified atom stereocenters. The molecule has 0 saturated heterocycles. The molecular formula is C9H7ClO3. The van der Waals surface area contributed by atoms with E-state index in [4.69, 9.17) is 16.7 Å². The van der Waals surface area contributed by atoms with Gasteiger partial charge in [-0.3, -0.25) is 4.79 Å². The third-order valence-electron chi connectivity index (χ3n) is 1.58. The van der Waals surface area contributed by atoms with Gasteiger partial charge < -0.3 is 5.11 Å². The van der Waals surface area contributed by atoms with E-state index in [2.05, 4.69) is 0 Å². The molecule has 0 aliphatic carbocycles. The first-order valence-corrected chi connectivity index (χ1v) is 3.98. The van der Waals surface area contributed by atoms with Crippen LogP contribution >= 0.6 is 11.6 Å². The molecule has 1 N–H and O–H groups in total. The average Bonchev–Trinajstić information content (AvgIpc) is 2.03. The zero-order valence-corrected chi connectivity index (χ0v) is 7.41. The second kappa shape index (κ2) is 4.05. The summed E-state index contributed by atoms with van der Waals surface area (Å²) in [7, 11) is 0. The lowest BCUT2D eigenvalue weighted by molar-refractivity contribution is -0.111. The number of benzene rings is 1. The summed E-state index contributed by atoms with van der Waals surface area (Å²) in [6, 6.07) is 6.29. The Morgan fingerprint density at radius 1 is 1.31 bits per heavy atom. The van der Waals surface area contributed by atoms with Crippen LogP contribution < -0.4 is 0 Å². The number of hydrogen-bond acceptors (Lipinski definition) is 2. The molecule has 0 fully saturated rings. The van der Waals surface area contributed by atoms with Gasteiger partial charge in [-0.05, 0) is 23.2 Å². The van der Waals surface area contributed by atoms with Crippen molar-refractivity contribution in [2.24, 2.45) is 0 Å². The smallest absolute Gasteiger partial charge is 0.335 e. The van der Waals surface area contributed by atoms with E-state index in [0.29, 0.717) is 5.56 Å². The summed E-state index contributed by atoms with van der Waals surface area (Å²) in [5.74, 6) is -1.05. The summed E-state index contributed by atoms with van der Waals surface area (Å²) < 4.78 is 0. The average molecular weight is 199 g/mol. The molecular weight excluding hydrogens is 192 g/mol. The van der Waals surface area contributed by atoms with Crippen molar-refractivity contribution in [2.75, 3.05) is 0 Å². The highest BCUT2D eigenvalue weighted by molar-refractivity contribution is 6.63. The summed E-state index contributed by atoms with van der Waals surface area (Å²) in [5.41, 5.74) is 0.562. The van der Waals surface area contributed by atoms with Crippen LogP contribution in [0.2, 0.25) is 0 Å². The van der Waals surface area contributed by atoms with Gasteiger partial charge in [0.1, 0.15) is 0 Å². The quantitative estimate of drug-likeness (QED) is 0.752. The fourth-order valence-corrected chi connectivity index (χ4v) is 1.18. The van der Waals surface area contributed by atoms with E-state index in [1.165, 1.54) is 6.07 Å². The number of carboxylic acids is 1. The van der Waals surface area contributed by atoms with Crippen molar-refractivity contribution in [2.45, 2.75) is 6.42 Å². The molecule has 1 aromatic carbocycles. The number of carbonyl (C=O) groups excluding carboxylic acids is 1. The maximum Gasteiger partial charge on any atom is 0.335 e. The van der Waals surface area contributed by atoms with Gasteiger partial charge in [0.25, 0.3) is 0 Å². The molecule has 0 bridgehead atoms. The number of aromatic carboxylic acids is 1. The molecule has 4 heteroatoms. The van der Waals surface area contributed by atoms with Crippen molar-refractivity contribution in [3.05, 3.63) is 35.4 Å². The van der Waals surface area contributed by atoms with Crippen LogP contribution in [0.3, 0.4) is 0 Å². The number of carbonyl (C=O) groups is 2. The molecule has 1 aromatic rings. The molecule has 0 atom stereocenters. The number of rotatable bonds is 3. The summed E-state index contributed by atoms with van der Waals surface area (Å²) in [4.78, 5) is 21.2. The normalized spacial score (nSPS) is 9.62. The van der Waals surface area contributed by atoms with Crippen molar-refractivity contribution >= 4 is 22.8 Å². The molecule has 0 amide bonds. The van der Waals surface area contributed by atoms with E-state index >= 15 is 0 Å². The van der Waals surface area contributed by atoms with E-state index in [1.54, 1.807) is 18.2 Å². The Labute approximate surface area is 79.9 Å². The zero-order valence-electron chi connectivity index (χ0n) is 6.66. The summed E-state index contributed by atoms with van der Waals surface area (Å²) in [6.45, 7) is 0. The van der Waals surface area contributed by atoms with Crippen LogP contribution in [0.5, 0.6) is 0 Å². The van der Waals surface area contributed by atoms with Crippen LogP contribution in [0.4, 0.5) is 0 Å². The Kier molecular flexibility index (Phi) is 3.03. The Balaban J connectivity index is 3.04. The zero-order chi connectivity index (χ0) is 9.84. The number of hydrogen-bond donors (Lipinski definition) is 1. The highest BCUT2D eigenvalue weighted by atomic mass is 35.5. The molecule has 0 saturated carbocycles. The van der Waals surface area contributed by atoms with Crippen LogP contribution in [0.1, 0.15) is 15.9 Å². The first-order valence-electron chi connectivity index (χ1n) is 3.61. The van der Waals surface area contributed by atoms with Crippen LogP contribution in [0.15, 0.2) is 24.3 Å². The number of halogens is 1. The first kappa shape index (κ1) is 9.74. The minimum Gasteiger partial charge on any atom is -0.478 e. The van der Waals surface area contributed by atoms with Crippen molar-refractivity contribution in [3.63, 3.8) is 0 Å². The molecule has 0 aliphatic rings. The van der Waals surface area contributed by atoms with E-state index in [9.17, 15) is 9.59 Å². The fourth-order valence-electron chi connectivity index (χ4n) is 1.03. The lowest BCUT2D eigenvalue weighted by Crippen LogP contribution is -2.04. The number of carboxylic acid groups (broad SMARTS) is 1. The Hall–Kier alpha value is -1.35. The van der Waals surface area contributed by atoms with E-state index in [-0.39, 0.29) is 12.0 Å². The van der Waals surface area contributed by atoms with Gasteiger partial charge in [0, 0.05) is 6.42 Å². The lowest BCUT2D eigenvalue weighted by Gasteiger charge is -2.01. The molecule has 3 nitrogen and oxygen atoms in total. The Morgan fingerprint density at radius 2 is 1.92 bits per heavy atom. The van der Waals surface area contributed by atoms with Crippen LogP contribution in [0.25, 0.3) is 0 Å². The van der Waals surface area contributed by atoms with Gasteiger partial charge in [-0.1, -0.05) is 18.2 Å². The molecule has 13 heavy (non-hydrogen) atoms. The molecule has 0 heterocycles. The SMILES string of the molecule is O=C(Cl)Cc1ccccc1C(=O)O. The van der Waals surface area contributed by atoms with Crippen LogP contribution in [-0.2, 0) is 11.2 Å². The van der Waals surface area contributed by atoms with Crippen LogP contribution in [-0.4, -0.2) is 16.3 Å². The maximum absolute atomic E-state index is 10.6. The largest absolute Gasteiger partial charge is 0.478 e.